The Labute approximate surface area is 164 Å². The van der Waals surface area contributed by atoms with Crippen LogP contribution < -0.4 is 24.4 Å². The van der Waals surface area contributed by atoms with Gasteiger partial charge in [0, 0.05) is 44.4 Å². The molecule has 1 saturated heterocycles. The van der Waals surface area contributed by atoms with Crippen molar-refractivity contribution in [2.75, 3.05) is 56.7 Å². The summed E-state index contributed by atoms with van der Waals surface area (Å²) in [5.74, 6) is 2.25. The van der Waals surface area contributed by atoms with Gasteiger partial charge in [0.15, 0.2) is 11.5 Å². The smallest absolute Gasteiger partial charge is 0.321 e. The van der Waals surface area contributed by atoms with Crippen molar-refractivity contribution in [1.82, 2.24) is 4.90 Å². The number of rotatable bonds is 3. The van der Waals surface area contributed by atoms with Crippen molar-refractivity contribution >= 4 is 17.4 Å². The van der Waals surface area contributed by atoms with Gasteiger partial charge in [-0.3, -0.25) is 0 Å². The first-order valence-corrected chi connectivity index (χ1v) is 9.58. The van der Waals surface area contributed by atoms with Crippen molar-refractivity contribution in [2.45, 2.75) is 6.42 Å². The Hall–Kier alpha value is -3.09. The lowest BCUT2D eigenvalue weighted by Gasteiger charge is -2.36. The van der Waals surface area contributed by atoms with Crippen LogP contribution in [0.1, 0.15) is 6.42 Å². The number of nitrogens with zero attached hydrogens (tertiary/aromatic N) is 2. The number of carbonyl (C=O) groups is 1. The molecule has 0 aliphatic carbocycles. The van der Waals surface area contributed by atoms with Crippen LogP contribution in [-0.4, -0.2) is 57.4 Å². The van der Waals surface area contributed by atoms with Gasteiger partial charge in [0.2, 0.25) is 0 Å². The number of benzene rings is 2. The maximum absolute atomic E-state index is 12.7. The van der Waals surface area contributed by atoms with Gasteiger partial charge < -0.3 is 29.3 Å². The summed E-state index contributed by atoms with van der Waals surface area (Å²) in [5.41, 5.74) is 1.77. The standard InChI is InChI=1S/C21H25N3O4/c1-26-18-6-3-2-5-17(18)23-9-11-24(12-10-23)21(25)22-16-7-8-19-20(15-16)28-14-4-13-27-19/h2-3,5-8,15H,4,9-14H2,1H3,(H,22,25). The Morgan fingerprint density at radius 3 is 2.54 bits per heavy atom. The van der Waals surface area contributed by atoms with Gasteiger partial charge in [-0.15, -0.1) is 0 Å². The van der Waals surface area contributed by atoms with E-state index in [4.69, 9.17) is 14.2 Å². The SMILES string of the molecule is COc1ccccc1N1CCN(C(=O)Nc2ccc3c(c2)OCCCO3)CC1. The minimum Gasteiger partial charge on any atom is -0.495 e. The van der Waals surface area contributed by atoms with Crippen LogP contribution in [0.5, 0.6) is 17.2 Å². The lowest BCUT2D eigenvalue weighted by Crippen LogP contribution is -2.50. The maximum atomic E-state index is 12.7. The third-order valence-corrected chi connectivity index (χ3v) is 4.99. The van der Waals surface area contributed by atoms with E-state index in [2.05, 4.69) is 10.2 Å². The summed E-state index contributed by atoms with van der Waals surface area (Å²) in [7, 11) is 1.68. The van der Waals surface area contributed by atoms with E-state index in [-0.39, 0.29) is 6.03 Å². The van der Waals surface area contributed by atoms with Crippen LogP contribution in [0.3, 0.4) is 0 Å². The number of methoxy groups -OCH3 is 1. The minimum absolute atomic E-state index is 0.103. The van der Waals surface area contributed by atoms with Crippen LogP contribution in [-0.2, 0) is 0 Å². The minimum atomic E-state index is -0.103. The van der Waals surface area contributed by atoms with Gasteiger partial charge in [-0.25, -0.2) is 4.79 Å². The number of piperazine rings is 1. The third kappa shape index (κ3) is 3.93. The van der Waals surface area contributed by atoms with E-state index >= 15 is 0 Å². The van der Waals surface area contributed by atoms with Crippen LogP contribution in [0.15, 0.2) is 42.5 Å². The molecular weight excluding hydrogens is 358 g/mol. The third-order valence-electron chi connectivity index (χ3n) is 4.99. The van der Waals surface area contributed by atoms with Gasteiger partial charge in [-0.2, -0.15) is 0 Å². The fraction of sp³-hybridized carbons (Fsp3) is 0.381. The van der Waals surface area contributed by atoms with E-state index < -0.39 is 0 Å². The Morgan fingerprint density at radius 2 is 1.75 bits per heavy atom. The van der Waals surface area contributed by atoms with Crippen LogP contribution in [0, 0.1) is 0 Å². The molecule has 0 unspecified atom stereocenters. The fourth-order valence-corrected chi connectivity index (χ4v) is 3.49. The molecule has 2 amide bonds. The molecule has 7 heteroatoms. The maximum Gasteiger partial charge on any atom is 0.321 e. The monoisotopic (exact) mass is 383 g/mol. The van der Waals surface area contributed by atoms with E-state index in [9.17, 15) is 4.79 Å². The van der Waals surface area contributed by atoms with Crippen LogP contribution in [0.25, 0.3) is 0 Å². The number of carbonyl (C=O) groups excluding carboxylic acids is 1. The Balaban J connectivity index is 1.36. The summed E-state index contributed by atoms with van der Waals surface area (Å²) < 4.78 is 16.8. The molecule has 4 rings (SSSR count). The zero-order chi connectivity index (χ0) is 19.3. The molecule has 0 saturated carbocycles. The first kappa shape index (κ1) is 18.3. The predicted molar refractivity (Wildman–Crippen MR) is 108 cm³/mol. The number of anilines is 2. The van der Waals surface area contributed by atoms with Crippen LogP contribution in [0.2, 0.25) is 0 Å². The highest BCUT2D eigenvalue weighted by Gasteiger charge is 2.23. The highest BCUT2D eigenvalue weighted by Crippen LogP contribution is 2.32. The van der Waals surface area contributed by atoms with Gasteiger partial charge in [0.25, 0.3) is 0 Å². The normalized spacial score (nSPS) is 16.3. The van der Waals surface area contributed by atoms with E-state index in [1.54, 1.807) is 7.11 Å². The average molecular weight is 383 g/mol. The van der Waals surface area contributed by atoms with Crippen molar-refractivity contribution in [3.8, 4) is 17.2 Å². The lowest BCUT2D eigenvalue weighted by molar-refractivity contribution is 0.208. The van der Waals surface area contributed by atoms with Gasteiger partial charge in [-0.1, -0.05) is 12.1 Å². The Morgan fingerprint density at radius 1 is 1.00 bits per heavy atom. The molecule has 0 atom stereocenters. The molecule has 0 aromatic heterocycles. The predicted octanol–water partition coefficient (Wildman–Crippen LogP) is 3.21. The first-order chi connectivity index (χ1) is 13.7. The summed E-state index contributed by atoms with van der Waals surface area (Å²) in [6.45, 7) is 4.08. The van der Waals surface area contributed by atoms with Crippen molar-refractivity contribution < 1.29 is 19.0 Å². The molecule has 0 spiro atoms. The first-order valence-electron chi connectivity index (χ1n) is 9.58. The number of hydrogen-bond acceptors (Lipinski definition) is 5. The average Bonchev–Trinajstić information content (AvgIpc) is 2.99. The molecule has 1 fully saturated rings. The summed E-state index contributed by atoms with van der Waals surface area (Å²) in [4.78, 5) is 16.7. The molecule has 28 heavy (non-hydrogen) atoms. The van der Waals surface area contributed by atoms with Gasteiger partial charge in [0.05, 0.1) is 26.0 Å². The zero-order valence-corrected chi connectivity index (χ0v) is 16.0. The molecule has 2 aliphatic heterocycles. The molecule has 0 radical (unpaired) electrons. The molecule has 1 N–H and O–H groups in total. The second kappa shape index (κ2) is 8.29. The second-order valence-corrected chi connectivity index (χ2v) is 6.79. The Kier molecular flexibility index (Phi) is 5.41. The number of ether oxygens (including phenoxy) is 3. The molecule has 7 nitrogen and oxygen atoms in total. The van der Waals surface area contributed by atoms with Crippen LogP contribution in [0.4, 0.5) is 16.2 Å². The van der Waals surface area contributed by atoms with Gasteiger partial charge in [-0.05, 0) is 24.3 Å². The van der Waals surface area contributed by atoms with Crippen molar-refractivity contribution in [3.63, 3.8) is 0 Å². The highest BCUT2D eigenvalue weighted by atomic mass is 16.5. The second-order valence-electron chi connectivity index (χ2n) is 6.79. The van der Waals surface area contributed by atoms with Crippen molar-refractivity contribution in [2.24, 2.45) is 0 Å². The van der Waals surface area contributed by atoms with Crippen LogP contribution >= 0.6 is 0 Å². The largest absolute Gasteiger partial charge is 0.495 e. The topological polar surface area (TPSA) is 63.3 Å². The number of amides is 2. The van der Waals surface area contributed by atoms with Crippen molar-refractivity contribution in [1.29, 1.82) is 0 Å². The van der Waals surface area contributed by atoms with E-state index in [0.717, 1.165) is 36.7 Å². The number of para-hydroxylation sites is 2. The number of nitrogens with one attached hydrogen (secondary N) is 1. The van der Waals surface area contributed by atoms with Gasteiger partial charge in [0.1, 0.15) is 5.75 Å². The van der Waals surface area contributed by atoms with Crippen molar-refractivity contribution in [3.05, 3.63) is 42.5 Å². The molecule has 2 aromatic carbocycles. The molecular formula is C21H25N3O4. The molecule has 0 bridgehead atoms. The summed E-state index contributed by atoms with van der Waals surface area (Å²) in [6.07, 6.45) is 0.854. The summed E-state index contributed by atoms with van der Waals surface area (Å²) in [5, 5.41) is 2.97. The number of hydrogen-bond donors (Lipinski definition) is 1. The summed E-state index contributed by atoms with van der Waals surface area (Å²) in [6, 6.07) is 13.4. The summed E-state index contributed by atoms with van der Waals surface area (Å²) >= 11 is 0. The zero-order valence-electron chi connectivity index (χ0n) is 16.0. The number of fused-ring (bicyclic) bond motifs is 1. The number of urea groups is 1. The quantitative estimate of drug-likeness (QED) is 0.882. The fourth-order valence-electron chi connectivity index (χ4n) is 3.49. The molecule has 148 valence electrons. The molecule has 2 heterocycles. The molecule has 2 aromatic rings. The molecule has 2 aliphatic rings. The van der Waals surface area contributed by atoms with Gasteiger partial charge >= 0.3 is 6.03 Å². The lowest BCUT2D eigenvalue weighted by atomic mass is 10.2. The Bertz CT molecular complexity index is 834. The van der Waals surface area contributed by atoms with E-state index in [1.807, 2.05) is 47.4 Å². The van der Waals surface area contributed by atoms with E-state index in [0.29, 0.717) is 37.7 Å². The van der Waals surface area contributed by atoms with E-state index in [1.165, 1.54) is 0 Å². The highest BCUT2D eigenvalue weighted by molar-refractivity contribution is 5.90.